The van der Waals surface area contributed by atoms with Crippen molar-refractivity contribution in [3.05, 3.63) is 101 Å². The van der Waals surface area contributed by atoms with Gasteiger partial charge in [0.1, 0.15) is 17.5 Å². The summed E-state index contributed by atoms with van der Waals surface area (Å²) in [5, 5.41) is 4.12. The Morgan fingerprint density at radius 3 is 2.50 bits per heavy atom. The van der Waals surface area contributed by atoms with E-state index in [1.807, 2.05) is 54.7 Å². The average Bonchev–Trinajstić information content (AvgIpc) is 3.49. The molecule has 172 valence electrons. The van der Waals surface area contributed by atoms with E-state index < -0.39 is 0 Å². The summed E-state index contributed by atoms with van der Waals surface area (Å²) in [5.41, 5.74) is 3.90. The van der Waals surface area contributed by atoms with E-state index in [0.717, 1.165) is 33.0 Å². The predicted octanol–water partition coefficient (Wildman–Crippen LogP) is 5.83. The van der Waals surface area contributed by atoms with E-state index in [-0.39, 0.29) is 12.1 Å². The zero-order valence-electron chi connectivity index (χ0n) is 18.7. The molecule has 1 N–H and O–H groups in total. The SMILES string of the molecule is COc1ccc(N2C(=S)NC(c3ccccn3)C2c2cccn2-c2ccc(Br)cc2)c(OC)c1. The second-order valence-electron chi connectivity index (χ2n) is 7.81. The molecule has 8 heteroatoms. The standard InChI is InChI=1S/C26H23BrN4O2S/c1-32-19-12-13-21(23(16-19)33-2)31-25(24(29-26(31)34)20-6-3-4-14-28-20)22-7-5-15-30(22)18-10-8-17(27)9-11-18/h3-16,24-25H,1-2H3,(H,29,34). The van der Waals surface area contributed by atoms with Crippen molar-refractivity contribution < 1.29 is 9.47 Å². The van der Waals surface area contributed by atoms with E-state index >= 15 is 0 Å². The lowest BCUT2D eigenvalue weighted by atomic mass is 10.0. The molecule has 4 aromatic rings. The molecule has 1 aliphatic heterocycles. The summed E-state index contributed by atoms with van der Waals surface area (Å²) >= 11 is 9.41. The van der Waals surface area contributed by atoms with Gasteiger partial charge in [0.2, 0.25) is 0 Å². The predicted molar refractivity (Wildman–Crippen MR) is 141 cm³/mol. The lowest BCUT2D eigenvalue weighted by molar-refractivity contribution is 0.394. The number of rotatable bonds is 6. The highest BCUT2D eigenvalue weighted by atomic mass is 79.9. The van der Waals surface area contributed by atoms with Crippen molar-refractivity contribution >= 4 is 38.9 Å². The van der Waals surface area contributed by atoms with Crippen molar-refractivity contribution in [3.8, 4) is 17.2 Å². The summed E-state index contributed by atoms with van der Waals surface area (Å²) in [6.45, 7) is 0. The monoisotopic (exact) mass is 534 g/mol. The first-order chi connectivity index (χ1) is 16.6. The number of benzene rings is 2. The number of aromatic nitrogens is 2. The molecule has 2 aromatic carbocycles. The number of thiocarbonyl (C=S) groups is 1. The minimum Gasteiger partial charge on any atom is -0.497 e. The maximum Gasteiger partial charge on any atom is 0.174 e. The molecule has 5 rings (SSSR count). The van der Waals surface area contributed by atoms with Crippen molar-refractivity contribution in [2.45, 2.75) is 12.1 Å². The third-order valence-electron chi connectivity index (χ3n) is 5.93. The zero-order valence-corrected chi connectivity index (χ0v) is 21.1. The fraction of sp³-hybridized carbons (Fsp3) is 0.154. The Morgan fingerprint density at radius 1 is 0.971 bits per heavy atom. The van der Waals surface area contributed by atoms with Crippen LogP contribution in [0.4, 0.5) is 5.69 Å². The van der Waals surface area contributed by atoms with Gasteiger partial charge in [-0.25, -0.2) is 0 Å². The maximum atomic E-state index is 5.88. The second-order valence-corrected chi connectivity index (χ2v) is 9.12. The molecule has 0 amide bonds. The second kappa shape index (κ2) is 9.48. The fourth-order valence-electron chi connectivity index (χ4n) is 4.37. The first-order valence-electron chi connectivity index (χ1n) is 10.8. The topological polar surface area (TPSA) is 51.5 Å². The first kappa shape index (κ1) is 22.4. The third-order valence-corrected chi connectivity index (χ3v) is 6.78. The highest BCUT2D eigenvalue weighted by Crippen LogP contribution is 2.45. The Bertz CT molecular complexity index is 1310. The molecule has 2 unspecified atom stereocenters. The van der Waals surface area contributed by atoms with Crippen LogP contribution < -0.4 is 19.7 Å². The van der Waals surface area contributed by atoms with Crippen LogP contribution in [0.3, 0.4) is 0 Å². The quantitative estimate of drug-likeness (QED) is 0.314. The summed E-state index contributed by atoms with van der Waals surface area (Å²) in [5.74, 6) is 1.40. The van der Waals surface area contributed by atoms with Gasteiger partial charge < -0.3 is 24.3 Å². The highest BCUT2D eigenvalue weighted by molar-refractivity contribution is 9.10. The largest absolute Gasteiger partial charge is 0.497 e. The molecule has 0 spiro atoms. The average molecular weight is 535 g/mol. The van der Waals surface area contributed by atoms with Gasteiger partial charge in [0.15, 0.2) is 5.11 Å². The summed E-state index contributed by atoms with van der Waals surface area (Å²) < 4.78 is 14.4. The van der Waals surface area contributed by atoms with Crippen LogP contribution in [0.5, 0.6) is 11.5 Å². The fourth-order valence-corrected chi connectivity index (χ4v) is 4.97. The van der Waals surface area contributed by atoms with Gasteiger partial charge in [-0.05, 0) is 72.9 Å². The minimum absolute atomic E-state index is 0.162. The van der Waals surface area contributed by atoms with Crippen molar-refractivity contribution in [2.75, 3.05) is 19.1 Å². The molecular formula is C26H23BrN4O2S. The van der Waals surface area contributed by atoms with Gasteiger partial charge >= 0.3 is 0 Å². The molecule has 2 atom stereocenters. The van der Waals surface area contributed by atoms with E-state index in [9.17, 15) is 0 Å². The van der Waals surface area contributed by atoms with Crippen LogP contribution in [-0.2, 0) is 0 Å². The molecule has 1 saturated heterocycles. The van der Waals surface area contributed by atoms with Crippen LogP contribution in [0.25, 0.3) is 5.69 Å². The molecule has 2 aromatic heterocycles. The molecule has 0 saturated carbocycles. The molecule has 6 nitrogen and oxygen atoms in total. The summed E-state index contributed by atoms with van der Waals surface area (Å²) in [6, 6.07) is 23.8. The highest BCUT2D eigenvalue weighted by Gasteiger charge is 2.43. The zero-order chi connectivity index (χ0) is 23.7. The third kappa shape index (κ3) is 4.03. The Labute approximate surface area is 212 Å². The van der Waals surface area contributed by atoms with Gasteiger partial charge in [0.25, 0.3) is 0 Å². The van der Waals surface area contributed by atoms with Crippen molar-refractivity contribution in [1.82, 2.24) is 14.9 Å². The molecule has 34 heavy (non-hydrogen) atoms. The van der Waals surface area contributed by atoms with Gasteiger partial charge in [0.05, 0.1) is 31.6 Å². The van der Waals surface area contributed by atoms with E-state index in [1.54, 1.807) is 14.2 Å². The molecule has 3 heterocycles. The van der Waals surface area contributed by atoms with Crippen molar-refractivity contribution in [2.24, 2.45) is 0 Å². The van der Waals surface area contributed by atoms with Gasteiger partial charge in [-0.3, -0.25) is 4.98 Å². The number of hydrogen-bond donors (Lipinski definition) is 1. The van der Waals surface area contributed by atoms with Crippen molar-refractivity contribution in [3.63, 3.8) is 0 Å². The Balaban J connectivity index is 1.68. The Kier molecular flexibility index (Phi) is 6.26. The number of methoxy groups -OCH3 is 2. The minimum atomic E-state index is -0.177. The number of nitrogens with one attached hydrogen (secondary N) is 1. The molecule has 1 fully saturated rings. The maximum absolute atomic E-state index is 5.88. The number of anilines is 1. The van der Waals surface area contributed by atoms with Crippen LogP contribution in [0.15, 0.2) is 89.7 Å². The van der Waals surface area contributed by atoms with Crippen LogP contribution in [0.2, 0.25) is 0 Å². The molecular weight excluding hydrogens is 512 g/mol. The van der Waals surface area contributed by atoms with Gasteiger partial charge in [-0.2, -0.15) is 0 Å². The van der Waals surface area contributed by atoms with Crippen LogP contribution >= 0.6 is 28.1 Å². The molecule has 1 aliphatic rings. The summed E-state index contributed by atoms with van der Waals surface area (Å²) in [7, 11) is 3.29. The Morgan fingerprint density at radius 2 is 1.79 bits per heavy atom. The van der Waals surface area contributed by atoms with Crippen LogP contribution in [0.1, 0.15) is 23.5 Å². The lowest BCUT2D eigenvalue weighted by Crippen LogP contribution is -2.30. The van der Waals surface area contributed by atoms with Crippen LogP contribution in [0, 0.1) is 0 Å². The van der Waals surface area contributed by atoms with Crippen LogP contribution in [-0.4, -0.2) is 28.9 Å². The molecule has 0 bridgehead atoms. The number of hydrogen-bond acceptors (Lipinski definition) is 4. The summed E-state index contributed by atoms with van der Waals surface area (Å²) in [4.78, 5) is 6.76. The first-order valence-corrected chi connectivity index (χ1v) is 12.0. The van der Waals surface area contributed by atoms with Crippen molar-refractivity contribution in [1.29, 1.82) is 0 Å². The van der Waals surface area contributed by atoms with E-state index in [0.29, 0.717) is 10.9 Å². The Hall–Kier alpha value is -3.36. The van der Waals surface area contributed by atoms with Gasteiger partial charge in [0, 0.05) is 34.3 Å². The number of pyridine rings is 1. The van der Waals surface area contributed by atoms with E-state index in [2.05, 4.69) is 66.2 Å². The van der Waals surface area contributed by atoms with E-state index in [1.165, 1.54) is 0 Å². The molecule has 0 radical (unpaired) electrons. The normalized spacial score (nSPS) is 17.5. The number of nitrogens with zero attached hydrogens (tertiary/aromatic N) is 3. The summed E-state index contributed by atoms with van der Waals surface area (Å²) in [6.07, 6.45) is 3.88. The van der Waals surface area contributed by atoms with Gasteiger partial charge in [-0.15, -0.1) is 0 Å². The smallest absolute Gasteiger partial charge is 0.174 e. The van der Waals surface area contributed by atoms with Gasteiger partial charge in [-0.1, -0.05) is 22.0 Å². The number of halogens is 1. The number of ether oxygens (including phenoxy) is 2. The lowest BCUT2D eigenvalue weighted by Gasteiger charge is -2.30. The molecule has 0 aliphatic carbocycles. The van der Waals surface area contributed by atoms with E-state index in [4.69, 9.17) is 21.7 Å².